The van der Waals surface area contributed by atoms with Crippen molar-refractivity contribution in [2.24, 2.45) is 0 Å². The zero-order valence-electron chi connectivity index (χ0n) is 18.1. The number of imidazole rings is 1. The van der Waals surface area contributed by atoms with E-state index in [4.69, 9.17) is 0 Å². The van der Waals surface area contributed by atoms with Crippen molar-refractivity contribution in [2.45, 2.75) is 13.8 Å². The summed E-state index contributed by atoms with van der Waals surface area (Å²) < 4.78 is 3.74. The van der Waals surface area contributed by atoms with Crippen molar-refractivity contribution in [3.8, 4) is 16.8 Å². The normalized spacial score (nSPS) is 10.9. The Bertz CT molecular complexity index is 1600. The monoisotopic (exact) mass is 417 g/mol. The Kier molecular flexibility index (Phi) is 5.04. The second kappa shape index (κ2) is 8.16. The third kappa shape index (κ3) is 3.08. The third-order valence-corrected chi connectivity index (χ3v) is 5.53. The first-order chi connectivity index (χ1) is 15.8. The molecule has 0 amide bonds. The van der Waals surface area contributed by atoms with Gasteiger partial charge >= 0.3 is 0 Å². The molecule has 0 unspecified atom stereocenters. The lowest BCUT2D eigenvalue weighted by atomic mass is 10.0. The van der Waals surface area contributed by atoms with Crippen LogP contribution < -0.4 is 5.56 Å². The first kappa shape index (κ1) is 19.8. The van der Waals surface area contributed by atoms with E-state index in [1.165, 1.54) is 0 Å². The van der Waals surface area contributed by atoms with Gasteiger partial charge in [-0.2, -0.15) is 0 Å². The maximum absolute atomic E-state index is 13.6. The molecule has 0 N–H and O–H groups in total. The molecule has 0 saturated heterocycles. The summed E-state index contributed by atoms with van der Waals surface area (Å²) in [6, 6.07) is 34.1. The smallest absolute Gasteiger partial charge is 0.286 e. The molecular formula is C28H23N3O. The molecule has 32 heavy (non-hydrogen) atoms. The highest BCUT2D eigenvalue weighted by Crippen LogP contribution is 2.28. The summed E-state index contributed by atoms with van der Waals surface area (Å²) in [5.41, 5.74) is 6.85. The Morgan fingerprint density at radius 1 is 0.625 bits per heavy atom. The Morgan fingerprint density at radius 2 is 1.28 bits per heavy atom. The lowest BCUT2D eigenvalue weighted by molar-refractivity contribution is 1.02. The molecule has 0 bridgehead atoms. The van der Waals surface area contributed by atoms with Gasteiger partial charge in [0.1, 0.15) is 0 Å². The van der Waals surface area contributed by atoms with Gasteiger partial charge in [-0.3, -0.25) is 13.8 Å². The van der Waals surface area contributed by atoms with Crippen LogP contribution in [0.5, 0.6) is 0 Å². The van der Waals surface area contributed by atoms with Crippen molar-refractivity contribution in [1.82, 2.24) is 14.0 Å². The van der Waals surface area contributed by atoms with Crippen LogP contribution in [0.4, 0.5) is 0 Å². The molecule has 0 aliphatic rings. The topological polar surface area (TPSA) is 39.3 Å². The summed E-state index contributed by atoms with van der Waals surface area (Å²) in [5.74, 6) is 0. The number of hydrogen-bond acceptors (Lipinski definition) is 2. The van der Waals surface area contributed by atoms with Crippen LogP contribution in [0.2, 0.25) is 0 Å². The molecular weight excluding hydrogens is 394 g/mol. The van der Waals surface area contributed by atoms with E-state index >= 15 is 0 Å². The minimum absolute atomic E-state index is 0.130. The van der Waals surface area contributed by atoms with Crippen molar-refractivity contribution >= 4 is 27.7 Å². The highest BCUT2D eigenvalue weighted by molar-refractivity contribution is 5.91. The van der Waals surface area contributed by atoms with Gasteiger partial charge in [0.2, 0.25) is 5.65 Å². The van der Waals surface area contributed by atoms with Gasteiger partial charge in [-0.25, -0.2) is 4.98 Å². The quantitative estimate of drug-likeness (QED) is 0.323. The van der Waals surface area contributed by atoms with Gasteiger partial charge in [-0.05, 0) is 47.5 Å². The molecule has 6 rings (SSSR count). The predicted molar refractivity (Wildman–Crippen MR) is 133 cm³/mol. The van der Waals surface area contributed by atoms with Crippen LogP contribution in [0.15, 0.2) is 108 Å². The van der Waals surface area contributed by atoms with Crippen LogP contribution in [0.3, 0.4) is 0 Å². The van der Waals surface area contributed by atoms with Crippen LogP contribution in [0.25, 0.3) is 44.5 Å². The van der Waals surface area contributed by atoms with E-state index in [0.29, 0.717) is 5.65 Å². The standard InChI is InChI=1S/C26H17N3O.C2H6/c30-26-25-27-21-13-7-8-14-22(21)29(25)23-16-15-19(18-9-3-1-4-10-18)17-24(23)28(26)20-11-5-2-6-12-20;1-2/h1-17H;1-2H3. The van der Waals surface area contributed by atoms with Gasteiger partial charge in [-0.15, -0.1) is 0 Å². The lowest BCUT2D eigenvalue weighted by Gasteiger charge is -2.14. The van der Waals surface area contributed by atoms with Crippen LogP contribution in [0, 0.1) is 0 Å². The molecule has 0 fully saturated rings. The number of hydrogen-bond donors (Lipinski definition) is 0. The molecule has 0 radical (unpaired) electrons. The average molecular weight is 418 g/mol. The summed E-state index contributed by atoms with van der Waals surface area (Å²) >= 11 is 0. The zero-order chi connectivity index (χ0) is 22.1. The highest BCUT2D eigenvalue weighted by Gasteiger charge is 2.17. The van der Waals surface area contributed by atoms with E-state index in [0.717, 1.165) is 38.9 Å². The van der Waals surface area contributed by atoms with Crippen LogP contribution in [-0.4, -0.2) is 14.0 Å². The van der Waals surface area contributed by atoms with Gasteiger partial charge in [-0.1, -0.05) is 80.6 Å². The molecule has 6 aromatic rings. The number of rotatable bonds is 2. The summed E-state index contributed by atoms with van der Waals surface area (Å²) in [7, 11) is 0. The lowest BCUT2D eigenvalue weighted by Crippen LogP contribution is -2.21. The molecule has 0 aliphatic carbocycles. The summed E-state index contributed by atoms with van der Waals surface area (Å²) in [4.78, 5) is 18.3. The first-order valence-electron chi connectivity index (χ1n) is 10.9. The second-order valence-corrected chi connectivity index (χ2v) is 7.31. The highest BCUT2D eigenvalue weighted by atomic mass is 16.1. The number of fused-ring (bicyclic) bond motifs is 5. The first-order valence-corrected chi connectivity index (χ1v) is 10.9. The minimum atomic E-state index is -0.130. The van der Waals surface area contributed by atoms with Gasteiger partial charge in [0.25, 0.3) is 5.56 Å². The summed E-state index contributed by atoms with van der Waals surface area (Å²) in [6.45, 7) is 4.00. The van der Waals surface area contributed by atoms with E-state index in [1.807, 2.05) is 91.0 Å². The zero-order valence-corrected chi connectivity index (χ0v) is 18.1. The van der Waals surface area contributed by atoms with Crippen molar-refractivity contribution in [3.05, 3.63) is 113 Å². The van der Waals surface area contributed by atoms with Crippen molar-refractivity contribution in [1.29, 1.82) is 0 Å². The number of para-hydroxylation sites is 3. The van der Waals surface area contributed by atoms with Gasteiger partial charge < -0.3 is 0 Å². The maximum atomic E-state index is 13.6. The summed E-state index contributed by atoms with van der Waals surface area (Å²) in [5, 5.41) is 0. The van der Waals surface area contributed by atoms with E-state index < -0.39 is 0 Å². The van der Waals surface area contributed by atoms with Crippen molar-refractivity contribution in [2.75, 3.05) is 0 Å². The Morgan fingerprint density at radius 3 is 2.03 bits per heavy atom. The van der Waals surface area contributed by atoms with Crippen LogP contribution >= 0.6 is 0 Å². The minimum Gasteiger partial charge on any atom is -0.286 e. The fourth-order valence-corrected chi connectivity index (χ4v) is 4.16. The van der Waals surface area contributed by atoms with E-state index in [-0.39, 0.29) is 5.56 Å². The van der Waals surface area contributed by atoms with Gasteiger partial charge in [0.15, 0.2) is 0 Å². The summed E-state index contributed by atoms with van der Waals surface area (Å²) in [6.07, 6.45) is 0. The molecule has 4 heteroatoms. The average Bonchev–Trinajstić information content (AvgIpc) is 3.27. The maximum Gasteiger partial charge on any atom is 0.299 e. The largest absolute Gasteiger partial charge is 0.299 e. The van der Waals surface area contributed by atoms with E-state index in [1.54, 1.807) is 4.57 Å². The number of nitrogens with zero attached hydrogens (tertiary/aromatic N) is 3. The fourth-order valence-electron chi connectivity index (χ4n) is 4.16. The molecule has 4 aromatic carbocycles. The van der Waals surface area contributed by atoms with E-state index in [2.05, 4.69) is 35.3 Å². The Hall–Kier alpha value is -4.18. The second-order valence-electron chi connectivity index (χ2n) is 7.31. The molecule has 4 nitrogen and oxygen atoms in total. The van der Waals surface area contributed by atoms with Gasteiger partial charge in [0.05, 0.1) is 22.1 Å². The fraction of sp³-hybridized carbons (Fsp3) is 0.0714. The SMILES string of the molecule is CC.O=c1c2nc3ccccc3n2c2ccc(-c3ccccc3)cc2n1-c1ccccc1. The molecule has 156 valence electrons. The molecule has 0 aliphatic heterocycles. The Labute approximate surface area is 186 Å². The van der Waals surface area contributed by atoms with Crippen LogP contribution in [0.1, 0.15) is 13.8 Å². The molecule has 0 saturated carbocycles. The number of benzene rings is 4. The van der Waals surface area contributed by atoms with Crippen LogP contribution in [-0.2, 0) is 0 Å². The molecule has 2 heterocycles. The number of aromatic nitrogens is 3. The molecule has 0 atom stereocenters. The Balaban J connectivity index is 0.00000105. The van der Waals surface area contributed by atoms with Crippen molar-refractivity contribution < 1.29 is 0 Å². The molecule has 0 spiro atoms. The molecule has 2 aromatic heterocycles. The van der Waals surface area contributed by atoms with Crippen molar-refractivity contribution in [3.63, 3.8) is 0 Å². The van der Waals surface area contributed by atoms with E-state index in [9.17, 15) is 4.79 Å². The predicted octanol–water partition coefficient (Wildman–Crippen LogP) is 6.48. The third-order valence-electron chi connectivity index (χ3n) is 5.53. The van der Waals surface area contributed by atoms with Gasteiger partial charge in [0, 0.05) is 5.69 Å².